The third-order valence-electron chi connectivity index (χ3n) is 5.54. The molecule has 0 aliphatic carbocycles. The molecule has 2 unspecified atom stereocenters. The van der Waals surface area contributed by atoms with Gasteiger partial charge in [-0.1, -0.05) is 29.8 Å². The number of nitrogens with one attached hydrogen (secondary N) is 1. The molecule has 1 aliphatic rings. The average Bonchev–Trinajstić information content (AvgIpc) is 3.26. The molecule has 1 saturated heterocycles. The van der Waals surface area contributed by atoms with Crippen molar-refractivity contribution in [3.63, 3.8) is 0 Å². The van der Waals surface area contributed by atoms with Crippen LogP contribution in [-0.2, 0) is 0 Å². The predicted octanol–water partition coefficient (Wildman–Crippen LogP) is 4.12. The fraction of sp³-hybridized carbons (Fsp3) is 0.458. The van der Waals surface area contributed by atoms with Gasteiger partial charge in [-0.05, 0) is 43.5 Å². The van der Waals surface area contributed by atoms with Gasteiger partial charge in [0.2, 0.25) is 0 Å². The highest BCUT2D eigenvalue weighted by Crippen LogP contribution is 2.33. The molecule has 7 heteroatoms. The molecule has 1 heterocycles. The number of aryl methyl sites for hydroxylation is 1. The topological polar surface area (TPSA) is 66.3 Å². The Balaban J connectivity index is 0.00000341. The number of hydrogen-bond acceptors (Lipinski definition) is 4. The number of hydrogen-bond donors (Lipinski definition) is 2. The van der Waals surface area contributed by atoms with E-state index in [1.165, 1.54) is 11.1 Å². The Morgan fingerprint density at radius 1 is 1.16 bits per heavy atom. The number of aliphatic hydroxyl groups excluding tert-OH is 1. The third-order valence-corrected chi connectivity index (χ3v) is 5.54. The van der Waals surface area contributed by atoms with Crippen molar-refractivity contribution in [2.24, 2.45) is 4.99 Å². The number of aliphatic imine (C=N–C) groups is 1. The maximum atomic E-state index is 10.5. The van der Waals surface area contributed by atoms with Crippen molar-refractivity contribution < 1.29 is 14.6 Å². The maximum Gasteiger partial charge on any atom is 0.194 e. The molecular weight excluding hydrogens is 505 g/mol. The minimum Gasteiger partial charge on any atom is -0.497 e. The van der Waals surface area contributed by atoms with Crippen molar-refractivity contribution in [2.45, 2.75) is 32.3 Å². The molecule has 0 amide bonds. The lowest BCUT2D eigenvalue weighted by Gasteiger charge is -2.22. The van der Waals surface area contributed by atoms with E-state index in [0.717, 1.165) is 49.1 Å². The molecule has 3 rings (SSSR count). The van der Waals surface area contributed by atoms with Crippen LogP contribution >= 0.6 is 24.0 Å². The summed E-state index contributed by atoms with van der Waals surface area (Å²) in [4.78, 5) is 6.99. The Morgan fingerprint density at radius 2 is 1.81 bits per heavy atom. The highest BCUT2D eigenvalue weighted by Gasteiger charge is 2.27. The molecule has 1 fully saturated rings. The van der Waals surface area contributed by atoms with Crippen LogP contribution in [0.25, 0.3) is 0 Å². The smallest absolute Gasteiger partial charge is 0.194 e. The molecule has 0 aromatic heterocycles. The van der Waals surface area contributed by atoms with Crippen LogP contribution in [0.1, 0.15) is 42.1 Å². The number of guanidine groups is 1. The number of nitrogens with zero attached hydrogens (tertiary/aromatic N) is 2. The highest BCUT2D eigenvalue weighted by atomic mass is 127. The molecule has 170 valence electrons. The lowest BCUT2D eigenvalue weighted by molar-refractivity contribution is 0.186. The summed E-state index contributed by atoms with van der Waals surface area (Å²) >= 11 is 0. The Labute approximate surface area is 202 Å². The third kappa shape index (κ3) is 6.74. The fourth-order valence-electron chi connectivity index (χ4n) is 3.78. The quantitative estimate of drug-likeness (QED) is 0.315. The zero-order valence-corrected chi connectivity index (χ0v) is 21.1. The zero-order valence-electron chi connectivity index (χ0n) is 18.8. The first-order valence-corrected chi connectivity index (χ1v) is 10.5. The first-order chi connectivity index (χ1) is 14.5. The SMILES string of the molecule is CCNC(=NCC(O)c1ccc(C)cc1)N1CCC(c2cc(OC)cc(OC)c2)C1.I. The van der Waals surface area contributed by atoms with E-state index in [1.807, 2.05) is 37.3 Å². The molecule has 0 saturated carbocycles. The summed E-state index contributed by atoms with van der Waals surface area (Å²) in [6, 6.07) is 14.0. The van der Waals surface area contributed by atoms with Gasteiger partial charge in [0.15, 0.2) is 5.96 Å². The van der Waals surface area contributed by atoms with Crippen LogP contribution in [0.4, 0.5) is 0 Å². The molecule has 0 radical (unpaired) electrons. The van der Waals surface area contributed by atoms with Gasteiger partial charge in [0, 0.05) is 31.6 Å². The van der Waals surface area contributed by atoms with E-state index in [0.29, 0.717) is 12.5 Å². The van der Waals surface area contributed by atoms with E-state index in [9.17, 15) is 5.11 Å². The first kappa shape index (κ1) is 25.3. The molecule has 2 N–H and O–H groups in total. The molecule has 0 bridgehead atoms. The summed E-state index contributed by atoms with van der Waals surface area (Å²) in [5.74, 6) is 2.84. The number of rotatable bonds is 7. The van der Waals surface area contributed by atoms with E-state index >= 15 is 0 Å². The Hall–Kier alpha value is -2.00. The summed E-state index contributed by atoms with van der Waals surface area (Å²) in [6.45, 7) is 7.00. The molecule has 2 aromatic rings. The Kier molecular flexibility index (Phi) is 9.90. The average molecular weight is 539 g/mol. The molecule has 0 spiro atoms. The van der Waals surface area contributed by atoms with E-state index in [1.54, 1.807) is 14.2 Å². The Morgan fingerprint density at radius 3 is 2.39 bits per heavy atom. The number of aliphatic hydroxyl groups is 1. The maximum absolute atomic E-state index is 10.5. The van der Waals surface area contributed by atoms with Gasteiger partial charge in [-0.25, -0.2) is 0 Å². The minimum absolute atomic E-state index is 0. The van der Waals surface area contributed by atoms with E-state index in [2.05, 4.69) is 29.3 Å². The minimum atomic E-state index is -0.611. The van der Waals surface area contributed by atoms with Crippen LogP contribution in [0.5, 0.6) is 11.5 Å². The summed E-state index contributed by atoms with van der Waals surface area (Å²) in [6.07, 6.45) is 0.418. The van der Waals surface area contributed by atoms with Gasteiger partial charge in [-0.2, -0.15) is 0 Å². The standard InChI is InChI=1S/C24H33N3O3.HI/c1-5-25-24(26-15-23(28)18-8-6-17(2)7-9-18)27-11-10-19(16-27)20-12-21(29-3)14-22(13-20)30-4;/h6-9,12-14,19,23,28H,5,10-11,15-16H2,1-4H3,(H,25,26);1H. The second-order valence-electron chi connectivity index (χ2n) is 7.70. The van der Waals surface area contributed by atoms with Crippen LogP contribution in [-0.4, -0.2) is 56.4 Å². The monoisotopic (exact) mass is 539 g/mol. The van der Waals surface area contributed by atoms with Crippen molar-refractivity contribution in [1.29, 1.82) is 0 Å². The number of methoxy groups -OCH3 is 2. The second kappa shape index (κ2) is 12.1. The van der Waals surface area contributed by atoms with Crippen molar-refractivity contribution in [1.82, 2.24) is 10.2 Å². The molecule has 31 heavy (non-hydrogen) atoms. The van der Waals surface area contributed by atoms with E-state index < -0.39 is 6.10 Å². The van der Waals surface area contributed by atoms with Gasteiger partial charge in [-0.3, -0.25) is 4.99 Å². The number of likely N-dealkylation sites (tertiary alicyclic amines) is 1. The van der Waals surface area contributed by atoms with Crippen molar-refractivity contribution in [3.05, 3.63) is 59.2 Å². The van der Waals surface area contributed by atoms with Crippen LogP contribution in [0.2, 0.25) is 0 Å². The summed E-state index contributed by atoms with van der Waals surface area (Å²) < 4.78 is 10.9. The van der Waals surface area contributed by atoms with Crippen LogP contribution in [0.3, 0.4) is 0 Å². The summed E-state index contributed by atoms with van der Waals surface area (Å²) in [5.41, 5.74) is 3.28. The summed E-state index contributed by atoms with van der Waals surface area (Å²) in [7, 11) is 3.35. The van der Waals surface area contributed by atoms with Crippen LogP contribution < -0.4 is 14.8 Å². The molecule has 2 atom stereocenters. The molecule has 6 nitrogen and oxygen atoms in total. The highest BCUT2D eigenvalue weighted by molar-refractivity contribution is 14.0. The molecular formula is C24H34IN3O3. The van der Waals surface area contributed by atoms with Gasteiger partial charge in [-0.15, -0.1) is 24.0 Å². The zero-order chi connectivity index (χ0) is 21.5. The molecule has 2 aromatic carbocycles. The van der Waals surface area contributed by atoms with E-state index in [-0.39, 0.29) is 24.0 Å². The van der Waals surface area contributed by atoms with Gasteiger partial charge in [0.05, 0.1) is 26.9 Å². The lowest BCUT2D eigenvalue weighted by atomic mass is 9.98. The molecule has 1 aliphatic heterocycles. The van der Waals surface area contributed by atoms with Crippen molar-refractivity contribution in [2.75, 3.05) is 40.4 Å². The van der Waals surface area contributed by atoms with Crippen LogP contribution in [0, 0.1) is 6.92 Å². The van der Waals surface area contributed by atoms with E-state index in [4.69, 9.17) is 14.5 Å². The van der Waals surface area contributed by atoms with Gasteiger partial charge in [0.1, 0.15) is 11.5 Å². The number of ether oxygens (including phenoxy) is 2. The van der Waals surface area contributed by atoms with Crippen LogP contribution in [0.15, 0.2) is 47.5 Å². The van der Waals surface area contributed by atoms with Gasteiger partial charge >= 0.3 is 0 Å². The number of benzene rings is 2. The second-order valence-corrected chi connectivity index (χ2v) is 7.70. The lowest BCUT2D eigenvalue weighted by Crippen LogP contribution is -2.40. The van der Waals surface area contributed by atoms with Gasteiger partial charge in [0.25, 0.3) is 0 Å². The van der Waals surface area contributed by atoms with Crippen molar-refractivity contribution in [3.8, 4) is 11.5 Å². The Bertz CT molecular complexity index is 835. The van der Waals surface area contributed by atoms with Crippen molar-refractivity contribution >= 4 is 29.9 Å². The largest absolute Gasteiger partial charge is 0.497 e. The first-order valence-electron chi connectivity index (χ1n) is 10.5. The fourth-order valence-corrected chi connectivity index (χ4v) is 3.78. The number of halogens is 1. The van der Waals surface area contributed by atoms with Gasteiger partial charge < -0.3 is 24.8 Å². The predicted molar refractivity (Wildman–Crippen MR) is 136 cm³/mol. The summed E-state index contributed by atoms with van der Waals surface area (Å²) in [5, 5.41) is 13.9. The normalized spacial score (nSPS) is 17.1.